The van der Waals surface area contributed by atoms with Gasteiger partial charge in [0.15, 0.2) is 0 Å². The zero-order chi connectivity index (χ0) is 21.5. The molecule has 1 aromatic carbocycles. The molecule has 31 heavy (non-hydrogen) atoms. The molecule has 1 saturated heterocycles. The van der Waals surface area contributed by atoms with Crippen LogP contribution in [0, 0.1) is 5.92 Å². The fraction of sp³-hybridized carbons (Fsp3) is 0.304. The van der Waals surface area contributed by atoms with E-state index in [1.54, 1.807) is 30.7 Å². The Kier molecular flexibility index (Phi) is 6.56. The van der Waals surface area contributed by atoms with E-state index >= 15 is 0 Å². The zero-order valence-corrected chi connectivity index (χ0v) is 17.2. The van der Waals surface area contributed by atoms with E-state index in [1.165, 1.54) is 0 Å². The summed E-state index contributed by atoms with van der Waals surface area (Å²) < 4.78 is 5.67. The molecule has 8 heteroatoms. The van der Waals surface area contributed by atoms with E-state index in [0.717, 1.165) is 5.56 Å². The molecule has 1 fully saturated rings. The van der Waals surface area contributed by atoms with E-state index in [2.05, 4.69) is 20.5 Å². The maximum Gasteiger partial charge on any atom is 0.227 e. The van der Waals surface area contributed by atoms with E-state index in [4.69, 9.17) is 4.74 Å². The van der Waals surface area contributed by atoms with Crippen LogP contribution < -0.4 is 10.1 Å². The van der Waals surface area contributed by atoms with Crippen LogP contribution in [0.2, 0.25) is 0 Å². The molecule has 1 aliphatic heterocycles. The summed E-state index contributed by atoms with van der Waals surface area (Å²) in [5.41, 5.74) is 1.65. The minimum Gasteiger partial charge on any atom is -0.439 e. The highest BCUT2D eigenvalue weighted by atomic mass is 16.5. The Labute approximate surface area is 180 Å². The number of rotatable bonds is 7. The van der Waals surface area contributed by atoms with Crippen LogP contribution in [0.15, 0.2) is 61.1 Å². The molecule has 2 aromatic heterocycles. The van der Waals surface area contributed by atoms with Gasteiger partial charge in [-0.1, -0.05) is 18.2 Å². The lowest BCUT2D eigenvalue weighted by Crippen LogP contribution is -2.41. The fourth-order valence-electron chi connectivity index (χ4n) is 3.58. The molecule has 1 aliphatic rings. The summed E-state index contributed by atoms with van der Waals surface area (Å²) in [6.45, 7) is 1.20. The number of aromatic amines is 1. The molecule has 0 saturated carbocycles. The first-order valence-electron chi connectivity index (χ1n) is 10.4. The Morgan fingerprint density at radius 3 is 2.58 bits per heavy atom. The van der Waals surface area contributed by atoms with Gasteiger partial charge in [-0.25, -0.2) is 4.98 Å². The third kappa shape index (κ3) is 5.69. The number of carbonyl (C=O) groups is 2. The lowest BCUT2D eigenvalue weighted by molar-refractivity contribution is -0.134. The molecule has 0 unspecified atom stereocenters. The van der Waals surface area contributed by atoms with E-state index in [-0.39, 0.29) is 17.7 Å². The number of anilines is 1. The molecule has 160 valence electrons. The summed E-state index contributed by atoms with van der Waals surface area (Å²) in [4.78, 5) is 31.1. The number of carbonyl (C=O) groups excluding carboxylic acids is 2. The first-order valence-corrected chi connectivity index (χ1v) is 10.4. The van der Waals surface area contributed by atoms with Crippen LogP contribution in [0.1, 0.15) is 24.8 Å². The van der Waals surface area contributed by atoms with Crippen LogP contribution in [-0.2, 0) is 16.0 Å². The Morgan fingerprint density at radius 1 is 1.10 bits per heavy atom. The van der Waals surface area contributed by atoms with Crippen LogP contribution >= 0.6 is 0 Å². The third-order valence-electron chi connectivity index (χ3n) is 5.37. The molecule has 3 heterocycles. The number of aromatic nitrogens is 3. The van der Waals surface area contributed by atoms with Gasteiger partial charge in [-0.2, -0.15) is 5.10 Å². The van der Waals surface area contributed by atoms with Crippen molar-refractivity contribution in [2.24, 2.45) is 5.92 Å². The zero-order valence-electron chi connectivity index (χ0n) is 17.2. The van der Waals surface area contributed by atoms with Crippen LogP contribution in [0.4, 0.5) is 5.69 Å². The topological polar surface area (TPSA) is 100 Å². The monoisotopic (exact) mass is 419 g/mol. The number of H-pyrrole nitrogens is 1. The van der Waals surface area contributed by atoms with Gasteiger partial charge in [0.1, 0.15) is 5.75 Å². The SMILES string of the molecule is O=C(Nc1ccc(Oc2ccccc2)nc1)C1CCN(C(=O)CCc2cn[nH]c2)CC1. The van der Waals surface area contributed by atoms with Gasteiger partial charge in [0.2, 0.25) is 17.7 Å². The predicted octanol–water partition coefficient (Wildman–Crippen LogP) is 3.41. The standard InChI is InChI=1S/C23H25N5O3/c29-22(9-6-17-14-25-26-15-17)28-12-10-18(11-13-28)23(30)27-19-7-8-21(24-16-19)31-20-4-2-1-3-5-20/h1-5,7-8,14-16,18H,6,9-13H2,(H,25,26)(H,27,30). The molecule has 0 spiro atoms. The highest BCUT2D eigenvalue weighted by Gasteiger charge is 2.27. The smallest absolute Gasteiger partial charge is 0.227 e. The van der Waals surface area contributed by atoms with Crippen LogP contribution in [0.3, 0.4) is 0 Å². The van der Waals surface area contributed by atoms with Crippen molar-refractivity contribution in [3.63, 3.8) is 0 Å². The van der Waals surface area contributed by atoms with Crippen molar-refractivity contribution in [2.45, 2.75) is 25.7 Å². The van der Waals surface area contributed by atoms with Gasteiger partial charge in [-0.3, -0.25) is 14.7 Å². The molecule has 0 bridgehead atoms. The number of nitrogens with zero attached hydrogens (tertiary/aromatic N) is 3. The number of benzene rings is 1. The first kappa shape index (κ1) is 20.6. The highest BCUT2D eigenvalue weighted by molar-refractivity contribution is 5.92. The van der Waals surface area contributed by atoms with Crippen molar-refractivity contribution < 1.29 is 14.3 Å². The van der Waals surface area contributed by atoms with Crippen molar-refractivity contribution in [3.8, 4) is 11.6 Å². The lowest BCUT2D eigenvalue weighted by atomic mass is 9.95. The van der Waals surface area contributed by atoms with Gasteiger partial charge in [-0.05, 0) is 43.0 Å². The third-order valence-corrected chi connectivity index (χ3v) is 5.37. The van der Waals surface area contributed by atoms with Crippen LogP contribution in [-0.4, -0.2) is 45.0 Å². The first-order chi connectivity index (χ1) is 15.2. The average molecular weight is 419 g/mol. The quantitative estimate of drug-likeness (QED) is 0.611. The summed E-state index contributed by atoms with van der Waals surface area (Å²) in [5.74, 6) is 1.14. The van der Waals surface area contributed by atoms with Gasteiger partial charge >= 0.3 is 0 Å². The molecule has 4 rings (SSSR count). The van der Waals surface area contributed by atoms with Crippen molar-refractivity contribution >= 4 is 17.5 Å². The number of hydrogen-bond acceptors (Lipinski definition) is 5. The van der Waals surface area contributed by atoms with Crippen LogP contribution in [0.25, 0.3) is 0 Å². The number of para-hydroxylation sites is 1. The molecule has 0 radical (unpaired) electrons. The Hall–Kier alpha value is -3.68. The van der Waals surface area contributed by atoms with Crippen LogP contribution in [0.5, 0.6) is 11.6 Å². The maximum absolute atomic E-state index is 12.6. The maximum atomic E-state index is 12.6. The van der Waals surface area contributed by atoms with Gasteiger partial charge in [0.25, 0.3) is 0 Å². The second kappa shape index (κ2) is 9.88. The van der Waals surface area contributed by atoms with Gasteiger partial charge in [0, 0.05) is 37.7 Å². The molecule has 3 aromatic rings. The molecule has 0 atom stereocenters. The Bertz CT molecular complexity index is 982. The minimum absolute atomic E-state index is 0.0379. The van der Waals surface area contributed by atoms with Crippen molar-refractivity contribution in [3.05, 3.63) is 66.6 Å². The average Bonchev–Trinajstić information content (AvgIpc) is 3.33. The van der Waals surface area contributed by atoms with Crippen molar-refractivity contribution in [1.29, 1.82) is 0 Å². The minimum atomic E-state index is -0.113. The summed E-state index contributed by atoms with van der Waals surface area (Å²) in [6, 6.07) is 12.9. The molecule has 8 nitrogen and oxygen atoms in total. The largest absolute Gasteiger partial charge is 0.439 e. The Balaban J connectivity index is 1.22. The molecular formula is C23H25N5O3. The molecule has 2 amide bonds. The number of pyridine rings is 1. The van der Waals surface area contributed by atoms with E-state index in [9.17, 15) is 9.59 Å². The normalized spacial score (nSPS) is 14.3. The summed E-state index contributed by atoms with van der Waals surface area (Å²) >= 11 is 0. The van der Waals surface area contributed by atoms with E-state index in [1.807, 2.05) is 35.2 Å². The number of amides is 2. The number of likely N-dealkylation sites (tertiary alicyclic amines) is 1. The van der Waals surface area contributed by atoms with Gasteiger partial charge < -0.3 is 15.0 Å². The molecular weight excluding hydrogens is 394 g/mol. The number of piperidine rings is 1. The van der Waals surface area contributed by atoms with E-state index < -0.39 is 0 Å². The number of nitrogens with one attached hydrogen (secondary N) is 2. The Morgan fingerprint density at radius 2 is 1.90 bits per heavy atom. The van der Waals surface area contributed by atoms with Crippen molar-refractivity contribution in [1.82, 2.24) is 20.1 Å². The number of ether oxygens (including phenoxy) is 1. The molecule has 0 aliphatic carbocycles. The summed E-state index contributed by atoms with van der Waals surface area (Å²) in [6.07, 6.45) is 7.58. The van der Waals surface area contributed by atoms with Gasteiger partial charge in [0.05, 0.1) is 18.1 Å². The highest BCUT2D eigenvalue weighted by Crippen LogP contribution is 2.22. The fourth-order valence-corrected chi connectivity index (χ4v) is 3.58. The summed E-state index contributed by atoms with van der Waals surface area (Å²) in [5, 5.41) is 9.57. The number of hydrogen-bond donors (Lipinski definition) is 2. The lowest BCUT2D eigenvalue weighted by Gasteiger charge is -2.31. The number of aryl methyl sites for hydroxylation is 1. The molecule has 2 N–H and O–H groups in total. The second-order valence-corrected chi connectivity index (χ2v) is 7.55. The van der Waals surface area contributed by atoms with Gasteiger partial charge in [-0.15, -0.1) is 0 Å². The van der Waals surface area contributed by atoms with Crippen molar-refractivity contribution in [2.75, 3.05) is 18.4 Å². The predicted molar refractivity (Wildman–Crippen MR) is 116 cm³/mol. The second-order valence-electron chi connectivity index (χ2n) is 7.55. The summed E-state index contributed by atoms with van der Waals surface area (Å²) in [7, 11) is 0. The van der Waals surface area contributed by atoms with E-state index in [0.29, 0.717) is 56.1 Å².